The molecule has 0 aliphatic rings. The highest BCUT2D eigenvalue weighted by atomic mass is 15.4. The molecule has 0 radical (unpaired) electrons. The smallest absolute Gasteiger partial charge is 0.184 e. The zero-order valence-electron chi connectivity index (χ0n) is 14.1. The molecule has 0 unspecified atom stereocenters. The fraction of sp³-hybridized carbons (Fsp3) is 0.333. The van der Waals surface area contributed by atoms with E-state index in [9.17, 15) is 0 Å². The second-order valence-electron chi connectivity index (χ2n) is 6.61. The van der Waals surface area contributed by atoms with Crippen LogP contribution in [0.15, 0.2) is 30.3 Å². The lowest BCUT2D eigenvalue weighted by Crippen LogP contribution is -2.18. The zero-order chi connectivity index (χ0) is 17.2. The predicted molar refractivity (Wildman–Crippen MR) is 94.7 cm³/mol. The number of terminal acetylenes is 1. The Hall–Kier alpha value is -2.94. The SMILES string of the molecule is C#CCNc1nc(C(C)(C)C)nc2c1nnn2Cc1ccccc1. The van der Waals surface area contributed by atoms with Gasteiger partial charge < -0.3 is 5.32 Å². The van der Waals surface area contributed by atoms with Gasteiger partial charge >= 0.3 is 0 Å². The molecule has 3 rings (SSSR count). The topological polar surface area (TPSA) is 68.5 Å². The molecule has 1 aromatic carbocycles. The highest BCUT2D eigenvalue weighted by Crippen LogP contribution is 2.25. The number of nitrogens with zero attached hydrogens (tertiary/aromatic N) is 5. The van der Waals surface area contributed by atoms with E-state index in [2.05, 4.69) is 59.4 Å². The van der Waals surface area contributed by atoms with E-state index in [0.29, 0.717) is 30.1 Å². The normalized spacial score (nSPS) is 11.4. The van der Waals surface area contributed by atoms with E-state index in [0.717, 1.165) is 11.4 Å². The summed E-state index contributed by atoms with van der Waals surface area (Å²) in [5, 5.41) is 11.6. The monoisotopic (exact) mass is 320 g/mol. The summed E-state index contributed by atoms with van der Waals surface area (Å²) in [4.78, 5) is 9.30. The van der Waals surface area contributed by atoms with Crippen molar-refractivity contribution >= 4 is 17.0 Å². The maximum atomic E-state index is 5.35. The average molecular weight is 320 g/mol. The van der Waals surface area contributed by atoms with Crippen molar-refractivity contribution in [1.29, 1.82) is 0 Å². The van der Waals surface area contributed by atoms with Crippen molar-refractivity contribution in [1.82, 2.24) is 25.0 Å². The summed E-state index contributed by atoms with van der Waals surface area (Å²) in [6.45, 7) is 7.20. The number of benzene rings is 1. The number of hydrogen-bond donors (Lipinski definition) is 1. The minimum atomic E-state index is -0.192. The third-order valence-electron chi connectivity index (χ3n) is 3.57. The van der Waals surface area contributed by atoms with Gasteiger partial charge in [0.1, 0.15) is 5.82 Å². The second-order valence-corrected chi connectivity index (χ2v) is 6.61. The van der Waals surface area contributed by atoms with Gasteiger partial charge in [0.15, 0.2) is 17.0 Å². The number of rotatable bonds is 4. The number of anilines is 1. The van der Waals surface area contributed by atoms with Crippen molar-refractivity contribution in [3.05, 3.63) is 41.7 Å². The fourth-order valence-corrected chi connectivity index (χ4v) is 2.31. The first-order valence-electron chi connectivity index (χ1n) is 7.82. The Bertz CT molecular complexity index is 883. The minimum Gasteiger partial charge on any atom is -0.357 e. The molecule has 122 valence electrons. The van der Waals surface area contributed by atoms with E-state index in [1.54, 1.807) is 4.68 Å². The number of aromatic nitrogens is 5. The Morgan fingerprint density at radius 2 is 1.92 bits per heavy atom. The molecule has 24 heavy (non-hydrogen) atoms. The van der Waals surface area contributed by atoms with Crippen LogP contribution in [0.5, 0.6) is 0 Å². The van der Waals surface area contributed by atoms with Gasteiger partial charge in [-0.15, -0.1) is 11.5 Å². The van der Waals surface area contributed by atoms with Gasteiger partial charge in [-0.05, 0) is 5.56 Å². The summed E-state index contributed by atoms with van der Waals surface area (Å²) in [5.74, 6) is 3.91. The van der Waals surface area contributed by atoms with Crippen LogP contribution in [-0.4, -0.2) is 31.5 Å². The first kappa shape index (κ1) is 15.9. The lowest BCUT2D eigenvalue weighted by molar-refractivity contribution is 0.546. The molecule has 0 spiro atoms. The number of hydrogen-bond acceptors (Lipinski definition) is 5. The standard InChI is InChI=1S/C18H20N6/c1-5-11-19-15-14-16(21-17(20-15)18(2,3)4)24(23-22-14)12-13-9-7-6-8-10-13/h1,6-10H,11-12H2,2-4H3,(H,19,20,21). The summed E-state index contributed by atoms with van der Waals surface area (Å²) in [6.07, 6.45) is 5.35. The molecular formula is C18H20N6. The van der Waals surface area contributed by atoms with E-state index in [-0.39, 0.29) is 5.41 Å². The molecule has 6 heteroatoms. The molecule has 0 aliphatic heterocycles. The van der Waals surface area contributed by atoms with Crippen LogP contribution in [0.4, 0.5) is 5.82 Å². The highest BCUT2D eigenvalue weighted by Gasteiger charge is 2.22. The van der Waals surface area contributed by atoms with Crippen LogP contribution >= 0.6 is 0 Å². The van der Waals surface area contributed by atoms with Gasteiger partial charge in [-0.25, -0.2) is 14.6 Å². The largest absolute Gasteiger partial charge is 0.357 e. The molecule has 0 saturated carbocycles. The van der Waals surface area contributed by atoms with Gasteiger partial charge in [0, 0.05) is 5.41 Å². The van der Waals surface area contributed by atoms with Gasteiger partial charge in [-0.2, -0.15) is 0 Å². The van der Waals surface area contributed by atoms with E-state index in [1.807, 2.05) is 18.2 Å². The molecule has 2 aromatic heterocycles. The Morgan fingerprint density at radius 3 is 2.58 bits per heavy atom. The molecule has 0 saturated heterocycles. The van der Waals surface area contributed by atoms with Gasteiger partial charge in [0.25, 0.3) is 0 Å². The van der Waals surface area contributed by atoms with Crippen LogP contribution in [0.3, 0.4) is 0 Å². The number of nitrogens with one attached hydrogen (secondary N) is 1. The van der Waals surface area contributed by atoms with Crippen LogP contribution in [0, 0.1) is 12.3 Å². The first-order chi connectivity index (χ1) is 11.5. The molecule has 0 atom stereocenters. The highest BCUT2D eigenvalue weighted by molar-refractivity contribution is 5.82. The van der Waals surface area contributed by atoms with Crippen molar-refractivity contribution in [2.24, 2.45) is 0 Å². The van der Waals surface area contributed by atoms with Crippen LogP contribution in [-0.2, 0) is 12.0 Å². The quantitative estimate of drug-likeness (QED) is 0.748. The Morgan fingerprint density at radius 1 is 1.17 bits per heavy atom. The Kier molecular flexibility index (Phi) is 4.17. The van der Waals surface area contributed by atoms with Crippen molar-refractivity contribution in [2.45, 2.75) is 32.7 Å². The molecule has 1 N–H and O–H groups in total. The Labute approximate surface area is 141 Å². The van der Waals surface area contributed by atoms with Crippen molar-refractivity contribution in [2.75, 3.05) is 11.9 Å². The molecule has 2 heterocycles. The van der Waals surface area contributed by atoms with Crippen molar-refractivity contribution in [3.8, 4) is 12.3 Å². The van der Waals surface area contributed by atoms with E-state index >= 15 is 0 Å². The van der Waals surface area contributed by atoms with Crippen molar-refractivity contribution < 1.29 is 0 Å². The maximum absolute atomic E-state index is 5.35. The molecule has 0 bridgehead atoms. The van der Waals surface area contributed by atoms with Crippen molar-refractivity contribution in [3.63, 3.8) is 0 Å². The summed E-state index contributed by atoms with van der Waals surface area (Å²) >= 11 is 0. The van der Waals surface area contributed by atoms with E-state index in [1.165, 1.54) is 0 Å². The molecule has 0 amide bonds. The third-order valence-corrected chi connectivity index (χ3v) is 3.57. The average Bonchev–Trinajstić information content (AvgIpc) is 2.96. The second kappa shape index (κ2) is 6.28. The first-order valence-corrected chi connectivity index (χ1v) is 7.82. The fourth-order valence-electron chi connectivity index (χ4n) is 2.31. The van der Waals surface area contributed by atoms with Crippen LogP contribution < -0.4 is 5.32 Å². The summed E-state index contributed by atoms with van der Waals surface area (Å²) in [6, 6.07) is 10.1. The Balaban J connectivity index is 2.10. The molecule has 6 nitrogen and oxygen atoms in total. The zero-order valence-corrected chi connectivity index (χ0v) is 14.1. The third kappa shape index (κ3) is 3.20. The van der Waals surface area contributed by atoms with Gasteiger partial charge in [-0.1, -0.05) is 62.2 Å². The summed E-state index contributed by atoms with van der Waals surface area (Å²) in [5.41, 5.74) is 2.29. The lowest BCUT2D eigenvalue weighted by Gasteiger charge is -2.17. The van der Waals surface area contributed by atoms with Crippen LogP contribution in [0.2, 0.25) is 0 Å². The van der Waals surface area contributed by atoms with Gasteiger partial charge in [0.05, 0.1) is 13.1 Å². The number of fused-ring (bicyclic) bond motifs is 1. The molecule has 0 fully saturated rings. The molecule has 3 aromatic rings. The lowest BCUT2D eigenvalue weighted by atomic mass is 9.96. The molecular weight excluding hydrogens is 300 g/mol. The van der Waals surface area contributed by atoms with Crippen LogP contribution in [0.25, 0.3) is 11.2 Å². The van der Waals surface area contributed by atoms with Gasteiger partial charge in [-0.3, -0.25) is 0 Å². The predicted octanol–water partition coefficient (Wildman–Crippen LogP) is 2.61. The van der Waals surface area contributed by atoms with Gasteiger partial charge in [0.2, 0.25) is 0 Å². The van der Waals surface area contributed by atoms with E-state index in [4.69, 9.17) is 11.4 Å². The minimum absolute atomic E-state index is 0.192. The van der Waals surface area contributed by atoms with E-state index < -0.39 is 0 Å². The summed E-state index contributed by atoms with van der Waals surface area (Å²) < 4.78 is 1.79. The molecule has 0 aliphatic carbocycles. The van der Waals surface area contributed by atoms with Crippen LogP contribution in [0.1, 0.15) is 32.2 Å². The maximum Gasteiger partial charge on any atom is 0.184 e. The summed E-state index contributed by atoms with van der Waals surface area (Å²) in [7, 11) is 0.